The van der Waals surface area contributed by atoms with Gasteiger partial charge in [-0.25, -0.2) is 0 Å². The van der Waals surface area contributed by atoms with Gasteiger partial charge in [0, 0.05) is 0 Å². The maximum atomic E-state index is 9.18. The normalized spacial score (nSPS) is 10.1. The number of rotatable bonds is 5. The van der Waals surface area contributed by atoms with E-state index in [9.17, 15) is 5.26 Å². The lowest BCUT2D eigenvalue weighted by molar-refractivity contribution is 1.04. The highest BCUT2D eigenvalue weighted by Gasteiger charge is 2.16. The summed E-state index contributed by atoms with van der Waals surface area (Å²) in [6.07, 6.45) is 0. The molecule has 0 aliphatic rings. The molecule has 0 radical (unpaired) electrons. The van der Waals surface area contributed by atoms with E-state index in [2.05, 4.69) is 6.07 Å². The summed E-state index contributed by atoms with van der Waals surface area (Å²) in [4.78, 5) is 0. The van der Waals surface area contributed by atoms with Crippen molar-refractivity contribution in [3.8, 4) is 6.07 Å². The number of nitrogens with one attached hydrogen (secondary N) is 1. The SMILES string of the molecule is N#CC(c1ccccc1)c1ccccc1.N=C(N)C(c1ccccc1)c1ccccc1. The first kappa shape index (κ1) is 21.5. The number of nitriles is 1. The van der Waals surface area contributed by atoms with E-state index in [1.54, 1.807) is 0 Å². The molecule has 0 fully saturated rings. The van der Waals surface area contributed by atoms with E-state index in [1.165, 1.54) is 0 Å². The zero-order valence-corrected chi connectivity index (χ0v) is 17.2. The van der Waals surface area contributed by atoms with Crippen LogP contribution in [0.25, 0.3) is 0 Å². The molecule has 0 aromatic heterocycles. The van der Waals surface area contributed by atoms with Crippen LogP contribution in [0.4, 0.5) is 0 Å². The first-order valence-electron chi connectivity index (χ1n) is 10.1. The fourth-order valence-electron chi connectivity index (χ4n) is 3.48. The summed E-state index contributed by atoms with van der Waals surface area (Å²) in [7, 11) is 0. The topological polar surface area (TPSA) is 73.7 Å². The van der Waals surface area contributed by atoms with E-state index in [-0.39, 0.29) is 17.7 Å². The maximum absolute atomic E-state index is 9.18. The van der Waals surface area contributed by atoms with Gasteiger partial charge >= 0.3 is 0 Å². The molecule has 0 bridgehead atoms. The molecule has 4 rings (SSSR count). The van der Waals surface area contributed by atoms with Crippen molar-refractivity contribution in [2.75, 3.05) is 0 Å². The summed E-state index contributed by atoms with van der Waals surface area (Å²) in [6.45, 7) is 0. The van der Waals surface area contributed by atoms with Gasteiger partial charge in [-0.15, -0.1) is 0 Å². The minimum Gasteiger partial charge on any atom is -0.387 e. The van der Waals surface area contributed by atoms with Crippen molar-refractivity contribution in [3.05, 3.63) is 144 Å². The number of nitrogens with zero attached hydrogens (tertiary/aromatic N) is 1. The van der Waals surface area contributed by atoms with Crippen molar-refractivity contribution in [2.45, 2.75) is 11.8 Å². The molecule has 31 heavy (non-hydrogen) atoms. The predicted molar refractivity (Wildman–Crippen MR) is 127 cm³/mol. The molecule has 152 valence electrons. The highest BCUT2D eigenvalue weighted by molar-refractivity contribution is 5.87. The molecule has 0 unspecified atom stereocenters. The summed E-state index contributed by atoms with van der Waals surface area (Å²) in [5.41, 5.74) is 9.89. The van der Waals surface area contributed by atoms with Crippen molar-refractivity contribution in [1.82, 2.24) is 0 Å². The molecule has 0 aliphatic carbocycles. The van der Waals surface area contributed by atoms with Gasteiger partial charge in [-0.1, -0.05) is 121 Å². The Kier molecular flexibility index (Phi) is 7.74. The van der Waals surface area contributed by atoms with Crippen molar-refractivity contribution >= 4 is 5.84 Å². The van der Waals surface area contributed by atoms with Gasteiger partial charge < -0.3 is 5.73 Å². The Labute approximate surface area is 183 Å². The van der Waals surface area contributed by atoms with Crippen LogP contribution in [-0.2, 0) is 0 Å². The Hall–Kier alpha value is -4.16. The van der Waals surface area contributed by atoms with E-state index in [4.69, 9.17) is 11.1 Å². The van der Waals surface area contributed by atoms with Crippen molar-refractivity contribution in [3.63, 3.8) is 0 Å². The van der Waals surface area contributed by atoms with E-state index in [1.807, 2.05) is 121 Å². The average molecular weight is 404 g/mol. The summed E-state index contributed by atoms with van der Waals surface area (Å²) in [5.74, 6) is -0.118. The fraction of sp³-hybridized carbons (Fsp3) is 0.0714. The van der Waals surface area contributed by atoms with E-state index < -0.39 is 0 Å². The van der Waals surface area contributed by atoms with Gasteiger partial charge in [0.2, 0.25) is 0 Å². The van der Waals surface area contributed by atoms with Crippen LogP contribution in [0.3, 0.4) is 0 Å². The molecule has 0 heterocycles. The van der Waals surface area contributed by atoms with Crippen LogP contribution in [0.15, 0.2) is 121 Å². The van der Waals surface area contributed by atoms with Crippen LogP contribution >= 0.6 is 0 Å². The third-order valence-electron chi connectivity index (χ3n) is 4.97. The summed E-state index contributed by atoms with van der Waals surface area (Å²) in [6, 6.07) is 41.8. The third-order valence-corrected chi connectivity index (χ3v) is 4.97. The van der Waals surface area contributed by atoms with Crippen LogP contribution in [0.5, 0.6) is 0 Å². The van der Waals surface area contributed by atoms with Gasteiger partial charge in [0.25, 0.3) is 0 Å². The van der Waals surface area contributed by atoms with Crippen molar-refractivity contribution in [2.24, 2.45) is 5.73 Å². The zero-order chi connectivity index (χ0) is 21.9. The molecule has 0 saturated heterocycles. The van der Waals surface area contributed by atoms with Gasteiger partial charge in [0.15, 0.2) is 0 Å². The molecule has 0 saturated carbocycles. The maximum Gasteiger partial charge on any atom is 0.103 e. The van der Waals surface area contributed by atoms with Crippen LogP contribution in [0, 0.1) is 16.7 Å². The average Bonchev–Trinajstić information content (AvgIpc) is 2.83. The van der Waals surface area contributed by atoms with Gasteiger partial charge in [0.1, 0.15) is 5.84 Å². The molecule has 3 nitrogen and oxygen atoms in total. The highest BCUT2D eigenvalue weighted by Crippen LogP contribution is 2.24. The van der Waals surface area contributed by atoms with Crippen LogP contribution in [-0.4, -0.2) is 5.84 Å². The monoisotopic (exact) mass is 403 g/mol. The largest absolute Gasteiger partial charge is 0.387 e. The minimum atomic E-state index is -0.160. The third kappa shape index (κ3) is 5.91. The molecular formula is C28H25N3. The van der Waals surface area contributed by atoms with E-state index in [0.29, 0.717) is 0 Å². The second-order valence-corrected chi connectivity index (χ2v) is 7.09. The lowest BCUT2D eigenvalue weighted by Gasteiger charge is -2.16. The summed E-state index contributed by atoms with van der Waals surface area (Å²) >= 11 is 0. The van der Waals surface area contributed by atoms with Crippen LogP contribution < -0.4 is 5.73 Å². The molecule has 0 spiro atoms. The van der Waals surface area contributed by atoms with Crippen molar-refractivity contribution < 1.29 is 0 Å². The minimum absolute atomic E-state index is 0.137. The standard InChI is InChI=1S/C14H14N2.C14H11N/c15-14(16)13(11-7-3-1-4-8-11)12-9-5-2-6-10-12;15-11-14(12-7-3-1-4-8-12)13-9-5-2-6-10-13/h1-10,13H,(H3,15,16);1-10,14H. The molecule has 0 atom stereocenters. The van der Waals surface area contributed by atoms with Crippen molar-refractivity contribution in [1.29, 1.82) is 10.7 Å². The zero-order valence-electron chi connectivity index (χ0n) is 17.2. The predicted octanol–water partition coefficient (Wildman–Crippen LogP) is 6.10. The fourth-order valence-corrected chi connectivity index (χ4v) is 3.48. The lowest BCUT2D eigenvalue weighted by atomic mass is 9.90. The number of amidine groups is 1. The molecule has 0 aliphatic heterocycles. The lowest BCUT2D eigenvalue weighted by Crippen LogP contribution is -2.21. The number of hydrogen-bond donors (Lipinski definition) is 2. The van der Waals surface area contributed by atoms with Gasteiger partial charge in [-0.2, -0.15) is 5.26 Å². The molecule has 3 N–H and O–H groups in total. The highest BCUT2D eigenvalue weighted by atomic mass is 14.7. The Morgan fingerprint density at radius 1 is 0.581 bits per heavy atom. The van der Waals surface area contributed by atoms with Crippen LogP contribution in [0.2, 0.25) is 0 Å². The Morgan fingerprint density at radius 3 is 1.13 bits per heavy atom. The van der Waals surface area contributed by atoms with Gasteiger partial charge in [0.05, 0.1) is 17.9 Å². The second-order valence-electron chi connectivity index (χ2n) is 7.09. The summed E-state index contributed by atoms with van der Waals surface area (Å²) in [5, 5.41) is 16.9. The van der Waals surface area contributed by atoms with E-state index in [0.717, 1.165) is 22.3 Å². The second kappa shape index (κ2) is 11.1. The first-order chi connectivity index (χ1) is 15.2. The Bertz CT molecular complexity index is 1020. The number of hydrogen-bond acceptors (Lipinski definition) is 2. The molecule has 3 heteroatoms. The number of nitrogens with two attached hydrogens (primary N) is 1. The van der Waals surface area contributed by atoms with Gasteiger partial charge in [-0.3, -0.25) is 5.41 Å². The molecule has 0 amide bonds. The summed E-state index contributed by atoms with van der Waals surface area (Å²) < 4.78 is 0. The Balaban J connectivity index is 0.000000176. The number of benzene rings is 4. The van der Waals surface area contributed by atoms with Crippen LogP contribution in [0.1, 0.15) is 34.1 Å². The Morgan fingerprint density at radius 2 is 0.871 bits per heavy atom. The quantitative estimate of drug-likeness (QED) is 0.312. The molecule has 4 aromatic carbocycles. The first-order valence-corrected chi connectivity index (χ1v) is 10.1. The molecular weight excluding hydrogens is 378 g/mol. The van der Waals surface area contributed by atoms with E-state index >= 15 is 0 Å². The van der Waals surface area contributed by atoms with Gasteiger partial charge in [-0.05, 0) is 22.3 Å². The smallest absolute Gasteiger partial charge is 0.103 e. The molecule has 4 aromatic rings.